The van der Waals surface area contributed by atoms with E-state index in [1.807, 2.05) is 31.2 Å². The van der Waals surface area contributed by atoms with Gasteiger partial charge in [-0.05, 0) is 24.6 Å². The number of alkyl halides is 1. The number of benzene rings is 1. The first kappa shape index (κ1) is 11.4. The van der Waals surface area contributed by atoms with Crippen molar-refractivity contribution in [2.24, 2.45) is 0 Å². The Hall–Kier alpha value is -0.720. The second-order valence-electron chi connectivity index (χ2n) is 2.82. The lowest BCUT2D eigenvalue weighted by atomic mass is 10.2. The van der Waals surface area contributed by atoms with Crippen molar-refractivity contribution in [2.45, 2.75) is 12.3 Å². The van der Waals surface area contributed by atoms with E-state index in [1.54, 1.807) is 0 Å². The predicted molar refractivity (Wildman–Crippen MR) is 59.6 cm³/mol. The van der Waals surface area contributed by atoms with Crippen LogP contribution in [-0.4, -0.2) is 12.0 Å². The van der Waals surface area contributed by atoms with Crippen molar-refractivity contribution in [1.82, 2.24) is 0 Å². The minimum absolute atomic E-state index is 0.204. The Bertz CT molecular complexity index is 362. The van der Waals surface area contributed by atoms with Gasteiger partial charge in [-0.25, -0.2) is 0 Å². The number of ether oxygens (including phenoxy) is 1. The van der Waals surface area contributed by atoms with Crippen molar-refractivity contribution in [3.8, 4) is 11.8 Å². The Morgan fingerprint density at radius 1 is 1.64 bits per heavy atom. The number of hydrogen-bond acceptors (Lipinski definition) is 2. The van der Waals surface area contributed by atoms with Crippen molar-refractivity contribution >= 4 is 27.5 Å². The van der Waals surface area contributed by atoms with Crippen LogP contribution in [0.15, 0.2) is 22.7 Å². The number of hydrogen-bond donors (Lipinski definition) is 0. The third-order valence-corrected chi connectivity index (χ3v) is 2.39. The lowest BCUT2D eigenvalue weighted by Gasteiger charge is -2.09. The molecule has 0 aliphatic heterocycles. The lowest BCUT2D eigenvalue weighted by Crippen LogP contribution is -2.09. The first-order chi connectivity index (χ1) is 6.63. The van der Waals surface area contributed by atoms with Gasteiger partial charge < -0.3 is 4.74 Å². The summed E-state index contributed by atoms with van der Waals surface area (Å²) in [6, 6.07) is 7.63. The summed E-state index contributed by atoms with van der Waals surface area (Å²) in [7, 11) is 0. The SMILES string of the molecule is Cc1ccc(Br)cc1OCC(Cl)C#N. The maximum atomic E-state index is 8.47. The first-order valence-electron chi connectivity index (χ1n) is 4.06. The van der Waals surface area contributed by atoms with E-state index >= 15 is 0 Å². The molecular weight excluding hydrogens is 265 g/mol. The van der Waals surface area contributed by atoms with E-state index in [2.05, 4.69) is 15.9 Å². The average molecular weight is 275 g/mol. The fourth-order valence-corrected chi connectivity index (χ4v) is 1.33. The normalized spacial score (nSPS) is 11.9. The van der Waals surface area contributed by atoms with Gasteiger partial charge >= 0.3 is 0 Å². The van der Waals surface area contributed by atoms with E-state index in [1.165, 1.54) is 0 Å². The van der Waals surface area contributed by atoms with Gasteiger partial charge in [-0.15, -0.1) is 11.6 Å². The van der Waals surface area contributed by atoms with Crippen LogP contribution in [0.25, 0.3) is 0 Å². The summed E-state index contributed by atoms with van der Waals surface area (Å²) < 4.78 is 6.33. The Kier molecular flexibility index (Phi) is 4.24. The maximum Gasteiger partial charge on any atom is 0.154 e. The van der Waals surface area contributed by atoms with Gasteiger partial charge in [-0.1, -0.05) is 22.0 Å². The molecule has 14 heavy (non-hydrogen) atoms. The molecule has 0 aliphatic carbocycles. The van der Waals surface area contributed by atoms with Gasteiger partial charge in [0.05, 0.1) is 6.07 Å². The molecule has 0 saturated heterocycles. The smallest absolute Gasteiger partial charge is 0.154 e. The molecule has 2 nitrogen and oxygen atoms in total. The molecule has 1 aromatic carbocycles. The molecule has 0 N–H and O–H groups in total. The molecule has 0 fully saturated rings. The minimum Gasteiger partial charge on any atom is -0.491 e. The van der Waals surface area contributed by atoms with Crippen LogP contribution in [-0.2, 0) is 0 Å². The second-order valence-corrected chi connectivity index (χ2v) is 4.26. The molecule has 4 heteroatoms. The van der Waals surface area contributed by atoms with E-state index in [0.717, 1.165) is 15.8 Å². The van der Waals surface area contributed by atoms with E-state index < -0.39 is 5.38 Å². The van der Waals surface area contributed by atoms with Crippen LogP contribution >= 0.6 is 27.5 Å². The Morgan fingerprint density at radius 2 is 2.36 bits per heavy atom. The van der Waals surface area contributed by atoms with Crippen LogP contribution in [0.4, 0.5) is 0 Å². The van der Waals surface area contributed by atoms with Gasteiger partial charge in [-0.2, -0.15) is 5.26 Å². The van der Waals surface area contributed by atoms with Gasteiger partial charge in [0, 0.05) is 4.47 Å². The fourth-order valence-electron chi connectivity index (χ4n) is 0.930. The summed E-state index contributed by atoms with van der Waals surface area (Å²) in [5, 5.41) is 7.86. The highest BCUT2D eigenvalue weighted by Crippen LogP contribution is 2.23. The Labute approximate surface area is 96.6 Å². The highest BCUT2D eigenvalue weighted by Gasteiger charge is 2.05. The van der Waals surface area contributed by atoms with Crippen molar-refractivity contribution < 1.29 is 4.74 Å². The molecule has 1 atom stereocenters. The molecule has 1 rings (SSSR count). The highest BCUT2D eigenvalue weighted by molar-refractivity contribution is 9.10. The number of nitrogens with zero attached hydrogens (tertiary/aromatic N) is 1. The standard InChI is InChI=1S/C10H9BrClNO/c1-7-2-3-8(11)4-10(7)14-6-9(12)5-13/h2-4,9H,6H2,1H3. The topological polar surface area (TPSA) is 33.0 Å². The lowest BCUT2D eigenvalue weighted by molar-refractivity contribution is 0.326. The number of rotatable bonds is 3. The molecule has 0 heterocycles. The van der Waals surface area contributed by atoms with Crippen LogP contribution in [0.3, 0.4) is 0 Å². The van der Waals surface area contributed by atoms with E-state index in [-0.39, 0.29) is 6.61 Å². The van der Waals surface area contributed by atoms with Gasteiger partial charge in [0.2, 0.25) is 0 Å². The molecule has 74 valence electrons. The summed E-state index contributed by atoms with van der Waals surface area (Å²) in [5.41, 5.74) is 1.02. The summed E-state index contributed by atoms with van der Waals surface area (Å²) in [6.07, 6.45) is 0. The summed E-state index contributed by atoms with van der Waals surface area (Å²) in [6.45, 7) is 2.15. The second kappa shape index (κ2) is 5.23. The van der Waals surface area contributed by atoms with Gasteiger partial charge in [-0.3, -0.25) is 0 Å². The summed E-state index contributed by atoms with van der Waals surface area (Å²) in [5.74, 6) is 0.750. The molecule has 0 aliphatic rings. The Morgan fingerprint density at radius 3 is 3.00 bits per heavy atom. The van der Waals surface area contributed by atoms with Crippen molar-refractivity contribution in [1.29, 1.82) is 5.26 Å². The third kappa shape index (κ3) is 3.21. The Balaban J connectivity index is 2.67. The maximum absolute atomic E-state index is 8.47. The first-order valence-corrected chi connectivity index (χ1v) is 5.29. The molecule has 1 aromatic rings. The van der Waals surface area contributed by atoms with E-state index in [4.69, 9.17) is 21.6 Å². The summed E-state index contributed by atoms with van der Waals surface area (Å²) >= 11 is 8.95. The molecule has 0 saturated carbocycles. The van der Waals surface area contributed by atoms with Crippen LogP contribution in [0.5, 0.6) is 5.75 Å². The fraction of sp³-hybridized carbons (Fsp3) is 0.300. The molecular formula is C10H9BrClNO. The largest absolute Gasteiger partial charge is 0.491 e. The quantitative estimate of drug-likeness (QED) is 0.793. The van der Waals surface area contributed by atoms with Gasteiger partial charge in [0.15, 0.2) is 5.38 Å². The number of nitriles is 1. The third-order valence-electron chi connectivity index (χ3n) is 1.68. The zero-order valence-electron chi connectivity index (χ0n) is 7.63. The highest BCUT2D eigenvalue weighted by atomic mass is 79.9. The van der Waals surface area contributed by atoms with Crippen molar-refractivity contribution in [3.63, 3.8) is 0 Å². The monoisotopic (exact) mass is 273 g/mol. The molecule has 0 radical (unpaired) electrons. The number of halogens is 2. The summed E-state index contributed by atoms with van der Waals surface area (Å²) in [4.78, 5) is 0. The van der Waals surface area contributed by atoms with Crippen LogP contribution < -0.4 is 4.74 Å². The van der Waals surface area contributed by atoms with Crippen molar-refractivity contribution in [3.05, 3.63) is 28.2 Å². The molecule has 0 bridgehead atoms. The van der Waals surface area contributed by atoms with Crippen LogP contribution in [0.1, 0.15) is 5.56 Å². The molecule has 0 aromatic heterocycles. The van der Waals surface area contributed by atoms with Gasteiger partial charge in [0.1, 0.15) is 12.4 Å². The van der Waals surface area contributed by atoms with E-state index in [0.29, 0.717) is 0 Å². The van der Waals surface area contributed by atoms with Crippen molar-refractivity contribution in [2.75, 3.05) is 6.61 Å². The predicted octanol–water partition coefficient (Wildman–Crippen LogP) is 3.27. The zero-order valence-corrected chi connectivity index (χ0v) is 9.97. The average Bonchev–Trinajstić information content (AvgIpc) is 2.19. The number of aryl methyl sites for hydroxylation is 1. The van der Waals surface area contributed by atoms with Gasteiger partial charge in [0.25, 0.3) is 0 Å². The molecule has 0 amide bonds. The molecule has 0 spiro atoms. The molecule has 1 unspecified atom stereocenters. The van der Waals surface area contributed by atoms with E-state index in [9.17, 15) is 0 Å². The van der Waals surface area contributed by atoms with Crippen LogP contribution in [0.2, 0.25) is 0 Å². The van der Waals surface area contributed by atoms with Crippen LogP contribution in [0, 0.1) is 18.3 Å². The minimum atomic E-state index is -0.603. The zero-order chi connectivity index (χ0) is 10.6.